The molecule has 0 bridgehead atoms. The van der Waals surface area contributed by atoms with Crippen molar-refractivity contribution in [2.75, 3.05) is 0 Å². The maximum Gasteiger partial charge on any atom is 0.167 e. The van der Waals surface area contributed by atoms with Gasteiger partial charge in [0.1, 0.15) is 6.10 Å². The lowest BCUT2D eigenvalue weighted by Gasteiger charge is -2.59. The molecule has 4 aliphatic carbocycles. The van der Waals surface area contributed by atoms with Crippen LogP contribution in [0.2, 0.25) is 0 Å². The molecule has 8 atom stereocenters. The number of rotatable bonds is 0. The molecule has 0 heterocycles. The molecular weight excluding hydrogens is 288 g/mol. The van der Waals surface area contributed by atoms with E-state index in [2.05, 4.69) is 26.8 Å². The Hall–Kier alpha value is -0.670. The lowest BCUT2D eigenvalue weighted by atomic mass is 9.45. The van der Waals surface area contributed by atoms with Gasteiger partial charge in [-0.2, -0.15) is 0 Å². The number of carbonyl (C=O) groups excluding carboxylic acids is 1. The summed E-state index contributed by atoms with van der Waals surface area (Å²) >= 11 is 0. The van der Waals surface area contributed by atoms with Crippen molar-refractivity contribution in [3.05, 3.63) is 11.6 Å². The first-order valence-electron chi connectivity index (χ1n) is 9.38. The molecule has 4 rings (SSSR count). The van der Waals surface area contributed by atoms with Gasteiger partial charge in [0.15, 0.2) is 5.78 Å². The highest BCUT2D eigenvalue weighted by atomic mass is 16.3. The summed E-state index contributed by atoms with van der Waals surface area (Å²) in [4.78, 5) is 12.5. The molecule has 0 saturated heterocycles. The van der Waals surface area contributed by atoms with Crippen molar-refractivity contribution in [3.8, 4) is 0 Å². The SMILES string of the molecule is CC1=C[C@@H](O)C[C@@H]2CC[C@@H]3[C@H](CC[C@]4(C)C(=O)[C@H](O)C[C@@H]34)[C@@]12C. The summed E-state index contributed by atoms with van der Waals surface area (Å²) in [5, 5.41) is 20.3. The number of ketones is 1. The second kappa shape index (κ2) is 4.92. The third-order valence-electron chi connectivity index (χ3n) is 8.45. The number of aliphatic hydroxyl groups is 2. The summed E-state index contributed by atoms with van der Waals surface area (Å²) < 4.78 is 0. The van der Waals surface area contributed by atoms with E-state index >= 15 is 0 Å². The topological polar surface area (TPSA) is 57.5 Å². The van der Waals surface area contributed by atoms with Crippen LogP contribution in [0.25, 0.3) is 0 Å². The van der Waals surface area contributed by atoms with Gasteiger partial charge in [-0.3, -0.25) is 4.79 Å². The Balaban J connectivity index is 1.72. The van der Waals surface area contributed by atoms with Crippen LogP contribution >= 0.6 is 0 Å². The van der Waals surface area contributed by atoms with Gasteiger partial charge in [0.05, 0.1) is 6.10 Å². The summed E-state index contributed by atoms with van der Waals surface area (Å²) in [5.74, 6) is 2.16. The Morgan fingerprint density at radius 2 is 1.83 bits per heavy atom. The van der Waals surface area contributed by atoms with Gasteiger partial charge < -0.3 is 10.2 Å². The number of fused-ring (bicyclic) bond motifs is 5. The van der Waals surface area contributed by atoms with Gasteiger partial charge in [0.2, 0.25) is 0 Å². The minimum atomic E-state index is -0.737. The van der Waals surface area contributed by atoms with E-state index in [4.69, 9.17) is 0 Å². The van der Waals surface area contributed by atoms with E-state index < -0.39 is 6.10 Å². The highest BCUT2D eigenvalue weighted by molar-refractivity contribution is 5.91. The van der Waals surface area contributed by atoms with E-state index in [1.165, 1.54) is 5.57 Å². The maximum atomic E-state index is 12.5. The van der Waals surface area contributed by atoms with Crippen molar-refractivity contribution in [2.45, 2.75) is 71.5 Å². The number of hydrogen-bond acceptors (Lipinski definition) is 3. The third kappa shape index (κ3) is 1.93. The smallest absolute Gasteiger partial charge is 0.167 e. The monoisotopic (exact) mass is 318 g/mol. The lowest BCUT2D eigenvalue weighted by molar-refractivity contribution is -0.139. The van der Waals surface area contributed by atoms with Crippen molar-refractivity contribution in [2.24, 2.45) is 34.5 Å². The fourth-order valence-electron chi connectivity index (χ4n) is 7.02. The average molecular weight is 318 g/mol. The van der Waals surface area contributed by atoms with E-state index in [0.717, 1.165) is 32.1 Å². The number of hydrogen-bond donors (Lipinski definition) is 2. The summed E-state index contributed by atoms with van der Waals surface area (Å²) in [5.41, 5.74) is 1.22. The van der Waals surface area contributed by atoms with Crippen LogP contribution in [0.1, 0.15) is 59.3 Å². The molecule has 4 aliphatic rings. The Labute approximate surface area is 139 Å². The minimum Gasteiger partial charge on any atom is -0.389 e. The quantitative estimate of drug-likeness (QED) is 0.675. The van der Waals surface area contributed by atoms with Gasteiger partial charge in [-0.25, -0.2) is 0 Å². The van der Waals surface area contributed by atoms with Crippen LogP contribution in [0.15, 0.2) is 11.6 Å². The van der Waals surface area contributed by atoms with Crippen LogP contribution in [0, 0.1) is 34.5 Å². The molecule has 0 radical (unpaired) electrons. The second-order valence-corrected chi connectivity index (χ2v) is 9.16. The van der Waals surface area contributed by atoms with E-state index in [-0.39, 0.29) is 22.7 Å². The standard InChI is InChI=1S/C20H30O3/c1-11-8-13(21)9-12-4-5-14-15(20(11,12)3)6-7-19(2)16(14)10-17(22)18(19)23/h8,12-17,21-22H,4-7,9-10H2,1-3H3/t12-,13+,14+,15-,16-,17+,19-,20-/m0/s1. The highest BCUT2D eigenvalue weighted by Gasteiger charge is 2.62. The Morgan fingerprint density at radius 3 is 2.57 bits per heavy atom. The van der Waals surface area contributed by atoms with Crippen molar-refractivity contribution >= 4 is 5.78 Å². The van der Waals surface area contributed by atoms with E-state index in [0.29, 0.717) is 30.1 Å². The summed E-state index contributed by atoms with van der Waals surface area (Å²) in [6, 6.07) is 0. The number of allylic oxidation sites excluding steroid dienone is 1. The molecule has 128 valence electrons. The Morgan fingerprint density at radius 1 is 1.09 bits per heavy atom. The normalized spacial score (nSPS) is 55.7. The molecule has 3 heteroatoms. The molecule has 0 amide bonds. The summed E-state index contributed by atoms with van der Waals surface area (Å²) in [6.45, 7) is 6.70. The maximum absolute atomic E-state index is 12.5. The van der Waals surface area contributed by atoms with Crippen LogP contribution in [-0.4, -0.2) is 28.2 Å². The summed E-state index contributed by atoms with van der Waals surface area (Å²) in [7, 11) is 0. The lowest BCUT2D eigenvalue weighted by Crippen LogP contribution is -2.54. The molecule has 3 fully saturated rings. The van der Waals surface area contributed by atoms with Crippen molar-refractivity contribution in [1.82, 2.24) is 0 Å². The molecule has 2 N–H and O–H groups in total. The summed E-state index contributed by atoms with van der Waals surface area (Å²) in [6.07, 6.45) is 6.93. The van der Waals surface area contributed by atoms with E-state index in [9.17, 15) is 15.0 Å². The van der Waals surface area contributed by atoms with Crippen LogP contribution in [-0.2, 0) is 4.79 Å². The van der Waals surface area contributed by atoms with E-state index in [1.807, 2.05) is 0 Å². The first-order valence-corrected chi connectivity index (χ1v) is 9.38. The highest BCUT2D eigenvalue weighted by Crippen LogP contribution is 2.65. The van der Waals surface area contributed by atoms with E-state index in [1.54, 1.807) is 0 Å². The zero-order valence-corrected chi connectivity index (χ0v) is 14.6. The Kier molecular flexibility index (Phi) is 3.39. The predicted molar refractivity (Wildman–Crippen MR) is 88.7 cm³/mol. The van der Waals surface area contributed by atoms with Crippen LogP contribution in [0.3, 0.4) is 0 Å². The molecule has 0 aromatic heterocycles. The van der Waals surface area contributed by atoms with Gasteiger partial charge in [-0.15, -0.1) is 0 Å². The zero-order chi connectivity index (χ0) is 16.6. The minimum absolute atomic E-state index is 0.0968. The van der Waals surface area contributed by atoms with Crippen molar-refractivity contribution in [1.29, 1.82) is 0 Å². The molecule has 0 aliphatic heterocycles. The molecule has 0 spiro atoms. The molecule has 3 saturated carbocycles. The molecule has 0 aromatic carbocycles. The Bertz CT molecular complexity index is 567. The third-order valence-corrected chi connectivity index (χ3v) is 8.45. The predicted octanol–water partition coefficient (Wildman–Crippen LogP) is 3.10. The second-order valence-electron chi connectivity index (χ2n) is 9.16. The molecule has 23 heavy (non-hydrogen) atoms. The molecular formula is C20H30O3. The van der Waals surface area contributed by atoms with Crippen molar-refractivity contribution < 1.29 is 15.0 Å². The fraction of sp³-hybridized carbons (Fsp3) is 0.850. The molecule has 3 nitrogen and oxygen atoms in total. The van der Waals surface area contributed by atoms with Crippen LogP contribution in [0.5, 0.6) is 0 Å². The number of carbonyl (C=O) groups is 1. The first-order chi connectivity index (χ1) is 10.8. The van der Waals surface area contributed by atoms with Crippen LogP contribution in [0.4, 0.5) is 0 Å². The fourth-order valence-corrected chi connectivity index (χ4v) is 7.02. The van der Waals surface area contributed by atoms with Gasteiger partial charge in [0, 0.05) is 5.41 Å². The number of Topliss-reactive ketones (excluding diaryl/α,β-unsaturated/α-hetero) is 1. The average Bonchev–Trinajstić information content (AvgIpc) is 2.73. The molecule has 0 unspecified atom stereocenters. The van der Waals surface area contributed by atoms with Crippen LogP contribution < -0.4 is 0 Å². The molecule has 0 aromatic rings. The zero-order valence-electron chi connectivity index (χ0n) is 14.6. The van der Waals surface area contributed by atoms with Crippen molar-refractivity contribution in [3.63, 3.8) is 0 Å². The number of aliphatic hydroxyl groups excluding tert-OH is 2. The largest absolute Gasteiger partial charge is 0.389 e. The van der Waals surface area contributed by atoms with Gasteiger partial charge in [-0.05, 0) is 74.5 Å². The van der Waals surface area contributed by atoms with Gasteiger partial charge >= 0.3 is 0 Å². The van der Waals surface area contributed by atoms with Gasteiger partial charge in [0.25, 0.3) is 0 Å². The van der Waals surface area contributed by atoms with Gasteiger partial charge in [-0.1, -0.05) is 25.5 Å². The first kappa shape index (κ1) is 15.8.